The molecule has 15 heavy (non-hydrogen) atoms. The summed E-state index contributed by atoms with van der Waals surface area (Å²) >= 11 is 0.465. The molecular formula is C10H6FNO2S. The van der Waals surface area contributed by atoms with Gasteiger partial charge in [0.25, 0.3) is 5.24 Å². The summed E-state index contributed by atoms with van der Waals surface area (Å²) in [6.45, 7) is 0. The van der Waals surface area contributed by atoms with Crippen molar-refractivity contribution in [2.75, 3.05) is 0 Å². The zero-order valence-corrected chi connectivity index (χ0v) is 8.31. The zero-order chi connectivity index (χ0) is 10.8. The van der Waals surface area contributed by atoms with Crippen LogP contribution in [-0.2, 0) is 4.79 Å². The van der Waals surface area contributed by atoms with Crippen LogP contribution in [0.2, 0.25) is 0 Å². The van der Waals surface area contributed by atoms with Crippen molar-refractivity contribution >= 4 is 27.9 Å². The average molecular weight is 223 g/mol. The minimum atomic E-state index is -0.695. The lowest BCUT2D eigenvalue weighted by Crippen LogP contribution is -2.12. The van der Waals surface area contributed by atoms with Crippen molar-refractivity contribution in [3.8, 4) is 0 Å². The summed E-state index contributed by atoms with van der Waals surface area (Å²) in [4.78, 5) is 22.0. The van der Waals surface area contributed by atoms with Gasteiger partial charge in [0.15, 0.2) is 5.83 Å². The molecule has 0 spiro atoms. The van der Waals surface area contributed by atoms with Crippen LogP contribution in [0.15, 0.2) is 36.0 Å². The number of halogens is 1. The van der Waals surface area contributed by atoms with Crippen molar-refractivity contribution in [2.45, 2.75) is 0 Å². The molecule has 0 atom stereocenters. The van der Waals surface area contributed by atoms with Gasteiger partial charge in [0, 0.05) is 17.3 Å². The van der Waals surface area contributed by atoms with Gasteiger partial charge in [-0.3, -0.25) is 9.59 Å². The number of nitrogens with one attached hydrogen (secondary N) is 1. The van der Waals surface area contributed by atoms with Crippen LogP contribution in [0.5, 0.6) is 0 Å². The van der Waals surface area contributed by atoms with Crippen molar-refractivity contribution < 1.29 is 14.0 Å². The fourth-order valence-electron chi connectivity index (χ4n) is 1.19. The molecule has 1 heterocycles. The van der Waals surface area contributed by atoms with Gasteiger partial charge in [0.1, 0.15) is 5.70 Å². The predicted octanol–water partition coefficient (Wildman–Crippen LogP) is 2.31. The van der Waals surface area contributed by atoms with E-state index in [4.69, 9.17) is 0 Å². The molecule has 1 fully saturated rings. The summed E-state index contributed by atoms with van der Waals surface area (Å²) in [5.74, 6) is -0.695. The fourth-order valence-corrected chi connectivity index (χ4v) is 1.75. The molecule has 3 nitrogen and oxygen atoms in total. The Balaban J connectivity index is 2.42. The Bertz CT molecular complexity index is 456. The van der Waals surface area contributed by atoms with Crippen molar-refractivity contribution in [3.63, 3.8) is 0 Å². The standard InChI is InChI=1S/C10H6FNO2S/c11-7(6-4-2-1-3-5-6)8-9(13)15-10(14)12-8/h1-5H,(H,12,14). The molecule has 5 heteroatoms. The molecular weight excluding hydrogens is 217 g/mol. The van der Waals surface area contributed by atoms with Crippen molar-refractivity contribution in [2.24, 2.45) is 0 Å². The molecule has 76 valence electrons. The summed E-state index contributed by atoms with van der Waals surface area (Å²) in [7, 11) is 0. The lowest BCUT2D eigenvalue weighted by atomic mass is 10.2. The summed E-state index contributed by atoms with van der Waals surface area (Å²) in [6, 6.07) is 8.12. The van der Waals surface area contributed by atoms with Crippen molar-refractivity contribution in [1.29, 1.82) is 0 Å². The summed E-state index contributed by atoms with van der Waals surface area (Å²) in [5.41, 5.74) is 0.0138. The molecule has 0 bridgehead atoms. The van der Waals surface area contributed by atoms with Crippen LogP contribution >= 0.6 is 11.8 Å². The number of rotatable bonds is 1. The lowest BCUT2D eigenvalue weighted by molar-refractivity contribution is -0.107. The number of thioether (sulfide) groups is 1. The Morgan fingerprint density at radius 3 is 2.40 bits per heavy atom. The van der Waals surface area contributed by atoms with E-state index < -0.39 is 16.2 Å². The number of carbonyl (C=O) groups is 2. The molecule has 2 rings (SSSR count). The Hall–Kier alpha value is -1.62. The van der Waals surface area contributed by atoms with Crippen LogP contribution in [0.25, 0.3) is 5.83 Å². The molecule has 1 aromatic carbocycles. The van der Waals surface area contributed by atoms with Crippen LogP contribution in [0.4, 0.5) is 9.18 Å². The third-order valence-corrected chi connectivity index (χ3v) is 2.54. The highest BCUT2D eigenvalue weighted by atomic mass is 32.2. The van der Waals surface area contributed by atoms with E-state index in [1.807, 2.05) is 0 Å². The molecule has 0 aromatic heterocycles. The van der Waals surface area contributed by atoms with E-state index in [0.29, 0.717) is 11.8 Å². The average Bonchev–Trinajstić information content (AvgIpc) is 2.58. The number of carbonyl (C=O) groups excluding carboxylic acids is 2. The maximum absolute atomic E-state index is 13.7. The van der Waals surface area contributed by atoms with Gasteiger partial charge < -0.3 is 5.32 Å². The minimum absolute atomic E-state index is 0.267. The predicted molar refractivity (Wildman–Crippen MR) is 55.6 cm³/mol. The minimum Gasteiger partial charge on any atom is -0.310 e. The highest BCUT2D eigenvalue weighted by Gasteiger charge is 2.29. The number of hydrogen-bond donors (Lipinski definition) is 1. The highest BCUT2D eigenvalue weighted by Crippen LogP contribution is 2.27. The van der Waals surface area contributed by atoms with Gasteiger partial charge in [-0.2, -0.15) is 0 Å². The van der Waals surface area contributed by atoms with Crippen LogP contribution in [0, 0.1) is 0 Å². The molecule has 0 unspecified atom stereocenters. The van der Waals surface area contributed by atoms with Crippen molar-refractivity contribution in [3.05, 3.63) is 41.6 Å². The fraction of sp³-hybridized carbons (Fsp3) is 0. The van der Waals surface area contributed by atoms with E-state index in [2.05, 4.69) is 5.32 Å². The molecule has 1 aromatic rings. The second kappa shape index (κ2) is 3.86. The van der Waals surface area contributed by atoms with Crippen LogP contribution in [0.1, 0.15) is 5.56 Å². The SMILES string of the molecule is O=C1NC(=C(F)c2ccccc2)C(=O)S1. The summed E-state index contributed by atoms with van der Waals surface area (Å²) in [6.07, 6.45) is 0. The van der Waals surface area contributed by atoms with Crippen molar-refractivity contribution in [1.82, 2.24) is 5.32 Å². The van der Waals surface area contributed by atoms with E-state index in [1.54, 1.807) is 18.2 Å². The monoisotopic (exact) mass is 223 g/mol. The highest BCUT2D eigenvalue weighted by molar-refractivity contribution is 8.27. The van der Waals surface area contributed by atoms with Crippen LogP contribution in [0.3, 0.4) is 0 Å². The number of benzene rings is 1. The third kappa shape index (κ3) is 1.92. The smallest absolute Gasteiger partial charge is 0.291 e. The maximum Gasteiger partial charge on any atom is 0.291 e. The van der Waals surface area contributed by atoms with Crippen LogP contribution in [-0.4, -0.2) is 10.4 Å². The largest absolute Gasteiger partial charge is 0.310 e. The summed E-state index contributed by atoms with van der Waals surface area (Å²) < 4.78 is 13.7. The molecule has 1 N–H and O–H groups in total. The molecule has 1 aliphatic heterocycles. The topological polar surface area (TPSA) is 46.2 Å². The molecule has 0 radical (unpaired) electrons. The van der Waals surface area contributed by atoms with Gasteiger partial charge in [-0.1, -0.05) is 30.3 Å². The van der Waals surface area contributed by atoms with Gasteiger partial charge in [-0.25, -0.2) is 4.39 Å². The first kappa shape index (κ1) is 9.92. The van der Waals surface area contributed by atoms with E-state index in [0.717, 1.165) is 0 Å². The molecule has 0 aliphatic carbocycles. The second-order valence-electron chi connectivity index (χ2n) is 2.86. The van der Waals surface area contributed by atoms with E-state index in [1.165, 1.54) is 12.1 Å². The Labute approximate surface area is 89.4 Å². The molecule has 0 saturated carbocycles. The van der Waals surface area contributed by atoms with Gasteiger partial charge in [-0.15, -0.1) is 0 Å². The van der Waals surface area contributed by atoms with E-state index >= 15 is 0 Å². The molecule has 1 aliphatic rings. The van der Waals surface area contributed by atoms with E-state index in [-0.39, 0.29) is 11.3 Å². The van der Waals surface area contributed by atoms with Crippen LogP contribution < -0.4 is 5.32 Å². The molecule has 1 saturated heterocycles. The quantitative estimate of drug-likeness (QED) is 0.743. The van der Waals surface area contributed by atoms with Gasteiger partial charge in [-0.05, 0) is 0 Å². The first-order valence-electron chi connectivity index (χ1n) is 4.17. The van der Waals surface area contributed by atoms with Gasteiger partial charge in [0.05, 0.1) is 0 Å². The second-order valence-corrected chi connectivity index (χ2v) is 3.80. The first-order valence-corrected chi connectivity index (χ1v) is 4.98. The zero-order valence-electron chi connectivity index (χ0n) is 7.49. The number of hydrogen-bond acceptors (Lipinski definition) is 3. The first-order chi connectivity index (χ1) is 7.18. The Morgan fingerprint density at radius 1 is 1.20 bits per heavy atom. The third-order valence-electron chi connectivity index (χ3n) is 1.86. The van der Waals surface area contributed by atoms with E-state index in [9.17, 15) is 14.0 Å². The normalized spacial score (nSPS) is 19.0. The molecule has 1 amide bonds. The Morgan fingerprint density at radius 2 is 1.87 bits per heavy atom. The number of amides is 1. The van der Waals surface area contributed by atoms with Gasteiger partial charge >= 0.3 is 0 Å². The van der Waals surface area contributed by atoms with Gasteiger partial charge in [0.2, 0.25) is 5.12 Å². The lowest BCUT2D eigenvalue weighted by Gasteiger charge is -1.99. The Kier molecular flexibility index (Phi) is 2.55. The summed E-state index contributed by atoms with van der Waals surface area (Å²) in [5, 5.41) is 1.06. The maximum atomic E-state index is 13.7.